The second-order valence-electron chi connectivity index (χ2n) is 4.95. The number of aromatic amines is 1. The van der Waals surface area contributed by atoms with Crippen LogP contribution in [0.15, 0.2) is 42.6 Å². The van der Waals surface area contributed by atoms with E-state index in [0.717, 1.165) is 34.4 Å². The number of benzene rings is 2. The average molecular weight is 266 g/mol. The number of fused-ring (bicyclic) bond motifs is 1. The lowest BCUT2D eigenvalue weighted by atomic mass is 10.1. The molecule has 0 fully saturated rings. The predicted molar refractivity (Wildman–Crippen MR) is 84.4 cm³/mol. The molecular weight excluding hydrogens is 248 g/mol. The fourth-order valence-corrected chi connectivity index (χ4v) is 2.38. The van der Waals surface area contributed by atoms with E-state index in [4.69, 9.17) is 5.73 Å². The molecule has 3 N–H and O–H groups in total. The summed E-state index contributed by atoms with van der Waals surface area (Å²) in [6.07, 6.45) is 2.83. The zero-order chi connectivity index (χ0) is 14.1. The average Bonchev–Trinajstić information content (AvgIpc) is 2.93. The summed E-state index contributed by atoms with van der Waals surface area (Å²) in [7, 11) is 2.02. The number of nitrogens with zero attached hydrogens (tertiary/aromatic N) is 2. The van der Waals surface area contributed by atoms with E-state index in [9.17, 15) is 0 Å². The third-order valence-electron chi connectivity index (χ3n) is 3.68. The van der Waals surface area contributed by atoms with E-state index in [1.807, 2.05) is 19.2 Å². The summed E-state index contributed by atoms with van der Waals surface area (Å²) < 4.78 is 0. The molecular formula is C16H18N4. The molecule has 4 heteroatoms. The van der Waals surface area contributed by atoms with E-state index in [0.29, 0.717) is 0 Å². The molecule has 0 bridgehead atoms. The third-order valence-corrected chi connectivity index (χ3v) is 3.68. The topological polar surface area (TPSA) is 57.9 Å². The highest BCUT2D eigenvalue weighted by atomic mass is 15.1. The van der Waals surface area contributed by atoms with Gasteiger partial charge in [-0.3, -0.25) is 5.10 Å². The number of aromatic nitrogens is 2. The number of hydrogen-bond donors (Lipinski definition) is 2. The van der Waals surface area contributed by atoms with Gasteiger partial charge in [0.05, 0.1) is 23.1 Å². The maximum absolute atomic E-state index is 6.16. The van der Waals surface area contributed by atoms with Gasteiger partial charge in [0.15, 0.2) is 0 Å². The van der Waals surface area contributed by atoms with Crippen LogP contribution in [0.25, 0.3) is 10.9 Å². The van der Waals surface area contributed by atoms with E-state index in [-0.39, 0.29) is 0 Å². The van der Waals surface area contributed by atoms with Gasteiger partial charge in [-0.1, -0.05) is 19.1 Å². The summed E-state index contributed by atoms with van der Waals surface area (Å²) in [5.41, 5.74) is 11.3. The van der Waals surface area contributed by atoms with Crippen LogP contribution in [-0.4, -0.2) is 17.2 Å². The zero-order valence-corrected chi connectivity index (χ0v) is 11.7. The van der Waals surface area contributed by atoms with Crippen LogP contribution in [-0.2, 0) is 6.42 Å². The SMILES string of the molecule is CCc1ccc(N(C)c2cc3[nH]ncc3cc2N)cc1. The summed E-state index contributed by atoms with van der Waals surface area (Å²) in [5.74, 6) is 0. The van der Waals surface area contributed by atoms with Crippen LogP contribution in [0.3, 0.4) is 0 Å². The number of nitrogens with two attached hydrogens (primary N) is 1. The summed E-state index contributed by atoms with van der Waals surface area (Å²) in [5, 5.41) is 8.05. The quantitative estimate of drug-likeness (QED) is 0.714. The molecule has 0 spiro atoms. The Hall–Kier alpha value is -2.49. The lowest BCUT2D eigenvalue weighted by Gasteiger charge is -2.21. The number of rotatable bonds is 3. The summed E-state index contributed by atoms with van der Waals surface area (Å²) in [6, 6.07) is 12.5. The molecule has 2 aromatic carbocycles. The van der Waals surface area contributed by atoms with Crippen molar-refractivity contribution >= 4 is 28.0 Å². The first kappa shape index (κ1) is 12.5. The Kier molecular flexibility index (Phi) is 3.06. The van der Waals surface area contributed by atoms with Crippen molar-refractivity contribution in [2.24, 2.45) is 0 Å². The molecule has 3 rings (SSSR count). The van der Waals surface area contributed by atoms with Crippen molar-refractivity contribution in [1.82, 2.24) is 10.2 Å². The van der Waals surface area contributed by atoms with Gasteiger partial charge in [0.2, 0.25) is 0 Å². The van der Waals surface area contributed by atoms with Crippen LogP contribution >= 0.6 is 0 Å². The maximum Gasteiger partial charge on any atom is 0.0672 e. The highest BCUT2D eigenvalue weighted by Crippen LogP contribution is 2.32. The van der Waals surface area contributed by atoms with Gasteiger partial charge in [-0.25, -0.2) is 0 Å². The molecule has 0 atom stereocenters. The Morgan fingerprint density at radius 1 is 1.20 bits per heavy atom. The molecule has 0 saturated heterocycles. The largest absolute Gasteiger partial charge is 0.397 e. The molecule has 0 unspecified atom stereocenters. The van der Waals surface area contributed by atoms with E-state index in [2.05, 4.69) is 46.3 Å². The third kappa shape index (κ3) is 2.09. The van der Waals surface area contributed by atoms with Crippen molar-refractivity contribution in [2.75, 3.05) is 17.7 Å². The van der Waals surface area contributed by atoms with Gasteiger partial charge in [-0.05, 0) is 36.2 Å². The van der Waals surface area contributed by atoms with E-state index < -0.39 is 0 Å². The number of anilines is 3. The zero-order valence-electron chi connectivity index (χ0n) is 11.7. The van der Waals surface area contributed by atoms with E-state index in [1.54, 1.807) is 6.20 Å². The summed E-state index contributed by atoms with van der Waals surface area (Å²) in [4.78, 5) is 2.09. The fraction of sp³-hybridized carbons (Fsp3) is 0.188. The van der Waals surface area contributed by atoms with Gasteiger partial charge in [0.1, 0.15) is 0 Å². The molecule has 1 aromatic heterocycles. The Morgan fingerprint density at radius 3 is 2.65 bits per heavy atom. The lowest BCUT2D eigenvalue weighted by Crippen LogP contribution is -2.11. The molecule has 0 aliphatic rings. The molecule has 4 nitrogen and oxygen atoms in total. The Morgan fingerprint density at radius 2 is 1.95 bits per heavy atom. The minimum absolute atomic E-state index is 0.751. The minimum atomic E-state index is 0.751. The van der Waals surface area contributed by atoms with Crippen LogP contribution in [0.5, 0.6) is 0 Å². The van der Waals surface area contributed by atoms with Gasteiger partial charge < -0.3 is 10.6 Å². The number of H-pyrrole nitrogens is 1. The predicted octanol–water partition coefficient (Wildman–Crippen LogP) is 3.48. The Bertz CT molecular complexity index is 728. The van der Waals surface area contributed by atoms with Gasteiger partial charge in [0.25, 0.3) is 0 Å². The highest BCUT2D eigenvalue weighted by molar-refractivity contribution is 5.90. The molecule has 20 heavy (non-hydrogen) atoms. The lowest BCUT2D eigenvalue weighted by molar-refractivity contribution is 1.12. The van der Waals surface area contributed by atoms with E-state index in [1.165, 1.54) is 5.56 Å². The first-order valence-electron chi connectivity index (χ1n) is 6.74. The van der Waals surface area contributed by atoms with Gasteiger partial charge in [0, 0.05) is 18.1 Å². The number of aryl methyl sites for hydroxylation is 1. The minimum Gasteiger partial charge on any atom is -0.397 e. The molecule has 0 saturated carbocycles. The monoisotopic (exact) mass is 266 g/mol. The second-order valence-corrected chi connectivity index (χ2v) is 4.95. The second kappa shape index (κ2) is 4.89. The molecule has 0 radical (unpaired) electrons. The molecule has 0 aliphatic carbocycles. The standard InChI is InChI=1S/C16H18N4/c1-3-11-4-6-13(7-5-11)20(2)16-9-15-12(8-14(16)17)10-18-19-15/h4-10H,3,17H2,1-2H3,(H,18,19). The van der Waals surface area contributed by atoms with Crippen LogP contribution < -0.4 is 10.6 Å². The van der Waals surface area contributed by atoms with Gasteiger partial charge >= 0.3 is 0 Å². The maximum atomic E-state index is 6.16. The van der Waals surface area contributed by atoms with Crippen molar-refractivity contribution in [3.05, 3.63) is 48.2 Å². The Labute approximate surface area is 118 Å². The molecule has 3 aromatic rings. The van der Waals surface area contributed by atoms with E-state index >= 15 is 0 Å². The van der Waals surface area contributed by atoms with Crippen LogP contribution in [0.2, 0.25) is 0 Å². The number of hydrogen-bond acceptors (Lipinski definition) is 3. The summed E-state index contributed by atoms with van der Waals surface area (Å²) in [6.45, 7) is 2.16. The van der Waals surface area contributed by atoms with Crippen LogP contribution in [0.4, 0.5) is 17.1 Å². The molecule has 0 amide bonds. The number of nitrogens with one attached hydrogen (secondary N) is 1. The first-order chi connectivity index (χ1) is 9.69. The first-order valence-corrected chi connectivity index (χ1v) is 6.74. The smallest absolute Gasteiger partial charge is 0.0672 e. The Balaban J connectivity index is 2.01. The van der Waals surface area contributed by atoms with Gasteiger partial charge in [-0.2, -0.15) is 5.10 Å². The van der Waals surface area contributed by atoms with Gasteiger partial charge in [-0.15, -0.1) is 0 Å². The van der Waals surface area contributed by atoms with Crippen molar-refractivity contribution in [3.8, 4) is 0 Å². The van der Waals surface area contributed by atoms with Crippen molar-refractivity contribution in [2.45, 2.75) is 13.3 Å². The van der Waals surface area contributed by atoms with Crippen LogP contribution in [0, 0.1) is 0 Å². The normalized spacial score (nSPS) is 10.9. The van der Waals surface area contributed by atoms with Crippen molar-refractivity contribution < 1.29 is 0 Å². The number of nitrogen functional groups attached to an aromatic ring is 1. The van der Waals surface area contributed by atoms with Crippen molar-refractivity contribution in [3.63, 3.8) is 0 Å². The van der Waals surface area contributed by atoms with Crippen LogP contribution in [0.1, 0.15) is 12.5 Å². The molecule has 102 valence electrons. The fourth-order valence-electron chi connectivity index (χ4n) is 2.38. The molecule has 0 aliphatic heterocycles. The summed E-state index contributed by atoms with van der Waals surface area (Å²) >= 11 is 0. The van der Waals surface area contributed by atoms with Crippen molar-refractivity contribution in [1.29, 1.82) is 0 Å². The molecule has 1 heterocycles. The highest BCUT2D eigenvalue weighted by Gasteiger charge is 2.10.